The van der Waals surface area contributed by atoms with Crippen LogP contribution < -0.4 is 10.0 Å². The molecule has 8 N–H and O–H groups in total. The Hall–Kier alpha value is -13.6. The second-order valence-corrected chi connectivity index (χ2v) is 40.3. The van der Waals surface area contributed by atoms with Crippen molar-refractivity contribution in [1.29, 1.82) is 0 Å². The first-order valence-electron chi connectivity index (χ1n) is 50.0. The second kappa shape index (κ2) is 53.3. The van der Waals surface area contributed by atoms with Gasteiger partial charge in [-0.1, -0.05) is 209 Å². The largest absolute Gasteiger partial charge is 0.506 e. The number of para-hydroxylation sites is 2. The van der Waals surface area contributed by atoms with Gasteiger partial charge in [0.2, 0.25) is 46.3 Å². The number of aryl methyl sites for hydroxylation is 8. The van der Waals surface area contributed by atoms with E-state index >= 15 is 0 Å². The van der Waals surface area contributed by atoms with Crippen LogP contribution in [-0.4, -0.2) is 145 Å². The van der Waals surface area contributed by atoms with Crippen molar-refractivity contribution in [3.63, 3.8) is 0 Å². The molecular formula is C112H150ClCo2N23O10+2. The Labute approximate surface area is 897 Å². The Morgan fingerprint density at radius 2 is 0.622 bits per heavy atom. The van der Waals surface area contributed by atoms with E-state index in [0.717, 1.165) is 109 Å². The van der Waals surface area contributed by atoms with Crippen molar-refractivity contribution in [2.24, 2.45) is 79.3 Å². The first kappa shape index (κ1) is 121. The van der Waals surface area contributed by atoms with Gasteiger partial charge >= 0.3 is 0 Å². The van der Waals surface area contributed by atoms with Crippen molar-refractivity contribution in [2.75, 3.05) is 37.2 Å². The Morgan fingerprint density at radius 3 is 0.851 bits per heavy atom. The molecule has 6 heterocycles. The molecule has 0 saturated heterocycles. The second-order valence-electron chi connectivity index (χ2n) is 39.9. The molecule has 0 saturated carbocycles. The summed E-state index contributed by atoms with van der Waals surface area (Å²) in [5, 5.41) is 155. The van der Waals surface area contributed by atoms with Gasteiger partial charge < -0.3 is 40.9 Å². The quantitative estimate of drug-likeness (QED) is 0.00623. The van der Waals surface area contributed by atoms with Crippen LogP contribution in [0, 0.1) is 10.1 Å². The van der Waals surface area contributed by atoms with Gasteiger partial charge in [0, 0.05) is 116 Å². The number of nitro benzene ring substituents is 1. The maximum absolute atomic E-state index is 10.8. The number of anilines is 2. The number of nitro groups is 1. The van der Waals surface area contributed by atoms with Crippen LogP contribution in [0.1, 0.15) is 260 Å². The molecule has 2 aliphatic heterocycles. The summed E-state index contributed by atoms with van der Waals surface area (Å²) in [6, 6.07) is 52.6. The van der Waals surface area contributed by atoms with E-state index < -0.39 is 4.92 Å². The number of phenolic OH excluding ortho intramolecular Hbond substituents is 4. The predicted octanol–water partition coefficient (Wildman–Crippen LogP) is 28.5. The van der Waals surface area contributed by atoms with E-state index in [1.165, 1.54) is 59.1 Å². The zero-order valence-electron chi connectivity index (χ0n) is 90.9. The van der Waals surface area contributed by atoms with Gasteiger partial charge in [-0.3, -0.25) is 20.1 Å². The number of phenols is 4. The number of non-ortho nitro benzene ring substituents is 1. The molecule has 148 heavy (non-hydrogen) atoms. The predicted molar refractivity (Wildman–Crippen MR) is 586 cm³/mol. The number of nitrogens with zero attached hydrogens (tertiary/aromatic N) is 23. The Balaban J connectivity index is 0.000000240. The average Bonchev–Trinajstić information content (AvgIpc) is 1.60. The van der Waals surface area contributed by atoms with Crippen LogP contribution in [0.2, 0.25) is 5.02 Å². The maximum Gasteiger partial charge on any atom is 0.269 e. The molecule has 4 aromatic heterocycles. The Morgan fingerprint density at radius 1 is 0.378 bits per heavy atom. The minimum Gasteiger partial charge on any atom is -0.506 e. The number of hydrazone groups is 2. The van der Waals surface area contributed by atoms with Crippen molar-refractivity contribution >= 4 is 109 Å². The fourth-order valence-corrected chi connectivity index (χ4v) is 16.4. The zero-order valence-corrected chi connectivity index (χ0v) is 93.8. The smallest absolute Gasteiger partial charge is 0.269 e. The molecule has 2 radical (unpaired) electrons. The summed E-state index contributed by atoms with van der Waals surface area (Å²) in [6.45, 7) is 48.8. The van der Waals surface area contributed by atoms with Gasteiger partial charge in [-0.05, 0) is 222 Å². The molecule has 0 bridgehead atoms. The number of halogens is 1. The number of benzene rings is 8. The normalized spacial score (nSPS) is 13.2. The number of hydrogen-bond acceptors (Lipinski definition) is 26. The monoisotopic (exact) mass is 2130 g/mol. The van der Waals surface area contributed by atoms with Crippen LogP contribution in [0.4, 0.5) is 73.9 Å². The molecule has 0 fully saturated rings. The minimum atomic E-state index is -0.402. The van der Waals surface area contributed by atoms with E-state index in [1.807, 2.05) is 132 Å². The summed E-state index contributed by atoms with van der Waals surface area (Å²) < 4.78 is 10.2. The summed E-state index contributed by atoms with van der Waals surface area (Å²) in [4.78, 5) is 10.4. The summed E-state index contributed by atoms with van der Waals surface area (Å²) in [6.07, 6.45) is 14.2. The third-order valence-corrected chi connectivity index (χ3v) is 27.6. The van der Waals surface area contributed by atoms with Crippen molar-refractivity contribution in [3.05, 3.63) is 241 Å². The van der Waals surface area contributed by atoms with Gasteiger partial charge in [0.15, 0.2) is 22.7 Å². The summed E-state index contributed by atoms with van der Waals surface area (Å²) in [5.41, 5.74) is 19.3. The summed E-state index contributed by atoms with van der Waals surface area (Å²) in [5.74, 6) is 0.172. The molecule has 0 atom stereocenters. The van der Waals surface area contributed by atoms with E-state index in [0.29, 0.717) is 94.0 Å². The topological polar surface area (TPSA) is 412 Å². The van der Waals surface area contributed by atoms with Crippen LogP contribution in [0.3, 0.4) is 0 Å². The zero-order chi connectivity index (χ0) is 108. The molecule has 0 spiro atoms. The number of hydrogen-bond donors (Lipinski definition) is 8. The number of azo groups is 4. The first-order valence-corrected chi connectivity index (χ1v) is 50.4. The molecule has 0 unspecified atom stereocenters. The average molecular weight is 2130 g/mol. The van der Waals surface area contributed by atoms with Crippen molar-refractivity contribution in [2.45, 2.75) is 262 Å². The van der Waals surface area contributed by atoms with Crippen LogP contribution in [0.15, 0.2) is 221 Å². The minimum absolute atomic E-state index is 0. The van der Waals surface area contributed by atoms with E-state index in [-0.39, 0.29) is 118 Å². The molecule has 33 nitrogen and oxygen atoms in total. The molecule has 12 aromatic rings. The van der Waals surface area contributed by atoms with Crippen LogP contribution in [-0.2, 0) is 120 Å². The summed E-state index contributed by atoms with van der Waals surface area (Å²) >= 11 is 5.96. The van der Waals surface area contributed by atoms with Crippen LogP contribution in [0.25, 0.3) is 0 Å². The molecule has 14 rings (SSSR count). The van der Waals surface area contributed by atoms with E-state index in [4.69, 9.17) is 11.6 Å². The van der Waals surface area contributed by atoms with Gasteiger partial charge in [-0.25, -0.2) is 18.7 Å². The fourth-order valence-electron chi connectivity index (χ4n) is 16.3. The molecule has 0 amide bonds. The number of fused-ring (bicyclic) bond motifs is 2. The molecule has 2 aliphatic rings. The van der Waals surface area contributed by atoms with Crippen LogP contribution >= 0.6 is 11.6 Å². The number of aromatic nitrogens is 8. The molecule has 8 aromatic carbocycles. The SMILES string of the molecule is CCCc1nn(C)c(O)c1N=Nc1cc(C(C)(C)CC)ccc1O.CCCc1nn(C)c(O)c1N=Nc1cc(C(C)(C)CC)ccc1O.CCCc1nn(C)c(O)c1N=Nc1cc(C(C)(C)CC)ccc1O.CCCc1nn(C)c(O)c1N=Nc1cc(C(C)(C)CC)ccc1O.CC[N+]1=C(/C=N/N(C)c2ccc(Cl)cc2)C(C)(C)c2ccccc21.CC[N+]1=C(/C=N/N(C)c2ccc([N+](=O)[O-])cc2)C(C)(C)c2ccccc21.[Co].[Co]. The Bertz CT molecular complexity index is 6270. The molecule has 36 heteroatoms. The van der Waals surface area contributed by atoms with E-state index in [1.54, 1.807) is 69.6 Å². The third-order valence-electron chi connectivity index (χ3n) is 27.4. The Kier molecular flexibility index (Phi) is 43.7. The van der Waals surface area contributed by atoms with Crippen molar-refractivity contribution in [1.82, 2.24) is 39.1 Å². The third kappa shape index (κ3) is 29.5. The standard InChI is InChI=1S/C20H23ClN3.C20H23N4O2.4C18H26N4O2.2Co/c1-5-24-18-9-7-6-8-17(18)20(2,3)19(24)14-22-23(4)16-12-10-15(21)11-13-16;1-5-23-18-9-7-6-8-17(18)20(2,3)19(23)14-21-22(4)15-10-12-16(13-11-15)24(25)26;4*1-6-8-13-16(17(24)22(5)21-13)20-19-14-11-12(9-10-15(14)23)18(3,4)7-2;;/h6-14H,5H2,1-4H3;6-14H,5H2,1-4H3;4*9-11,23-24H,6-8H2,1-5H3;;/q2*+1;;;;;;. The van der Waals surface area contributed by atoms with E-state index in [9.17, 15) is 51.0 Å². The van der Waals surface area contributed by atoms with Crippen molar-refractivity contribution < 1.29 is 88.5 Å². The molecule has 796 valence electrons. The van der Waals surface area contributed by atoms with Gasteiger partial charge in [0.05, 0.1) is 49.9 Å². The van der Waals surface area contributed by atoms with E-state index in [2.05, 4.69) is 254 Å². The number of aromatic hydroxyl groups is 8. The van der Waals surface area contributed by atoms with Gasteiger partial charge in [-0.2, -0.15) is 39.7 Å². The van der Waals surface area contributed by atoms with Gasteiger partial charge in [-0.15, -0.1) is 40.9 Å². The molecule has 0 aliphatic carbocycles. The van der Waals surface area contributed by atoms with Crippen LogP contribution in [0.5, 0.6) is 46.5 Å². The fraction of sp³-hybridized carbons (Fsp3) is 0.429. The van der Waals surface area contributed by atoms with Gasteiger partial charge in [0.25, 0.3) is 5.69 Å². The molecular weight excluding hydrogens is 1980 g/mol. The van der Waals surface area contributed by atoms with Crippen molar-refractivity contribution in [3.8, 4) is 46.5 Å². The summed E-state index contributed by atoms with van der Waals surface area (Å²) in [7, 11) is 10.4. The number of rotatable bonds is 33. The first-order chi connectivity index (χ1) is 69.0. The maximum atomic E-state index is 10.8. The van der Waals surface area contributed by atoms with Gasteiger partial charge in [0.1, 0.15) is 71.3 Å².